The summed E-state index contributed by atoms with van der Waals surface area (Å²) in [5, 5.41) is 2.89. The summed E-state index contributed by atoms with van der Waals surface area (Å²) in [4.78, 5) is 25.8. The lowest BCUT2D eigenvalue weighted by molar-refractivity contribution is -0.125. The fraction of sp³-hybridized carbons (Fsp3) is 0.867. The highest BCUT2D eigenvalue weighted by Crippen LogP contribution is 2.20. The normalized spacial score (nSPS) is 18.7. The zero-order valence-electron chi connectivity index (χ0n) is 13.6. The van der Waals surface area contributed by atoms with Gasteiger partial charge < -0.3 is 14.8 Å². The van der Waals surface area contributed by atoms with Crippen molar-refractivity contribution in [3.63, 3.8) is 0 Å². The Kier molecular flexibility index (Phi) is 6.95. The summed E-state index contributed by atoms with van der Waals surface area (Å²) in [6.45, 7) is 7.37. The average molecular weight is 300 g/mol. The molecule has 1 fully saturated rings. The lowest BCUT2D eigenvalue weighted by Gasteiger charge is -2.28. The van der Waals surface area contributed by atoms with Crippen molar-refractivity contribution in [3.8, 4) is 0 Å². The summed E-state index contributed by atoms with van der Waals surface area (Å²) in [7, 11) is 1.66. The molecule has 122 valence electrons. The maximum absolute atomic E-state index is 12.2. The maximum Gasteiger partial charge on any atom is 0.410 e. The molecule has 1 saturated heterocycles. The molecule has 0 aromatic carbocycles. The molecule has 2 amide bonds. The Labute approximate surface area is 127 Å². The Bertz CT molecular complexity index is 352. The summed E-state index contributed by atoms with van der Waals surface area (Å²) in [6, 6.07) is -0.401. The predicted octanol–water partition coefficient (Wildman–Crippen LogP) is 1.93. The molecular weight excluding hydrogens is 272 g/mol. The van der Waals surface area contributed by atoms with E-state index >= 15 is 0 Å². The van der Waals surface area contributed by atoms with Crippen molar-refractivity contribution in [1.82, 2.24) is 10.2 Å². The lowest BCUT2D eigenvalue weighted by Crippen LogP contribution is -2.47. The summed E-state index contributed by atoms with van der Waals surface area (Å²) < 4.78 is 10.3. The third-order valence-corrected chi connectivity index (χ3v) is 3.26. The Balaban J connectivity index is 2.41. The van der Waals surface area contributed by atoms with E-state index in [1.165, 1.54) is 4.90 Å². The van der Waals surface area contributed by atoms with Crippen LogP contribution in [0, 0.1) is 0 Å². The first-order valence-corrected chi connectivity index (χ1v) is 7.61. The molecule has 1 N–H and O–H groups in total. The summed E-state index contributed by atoms with van der Waals surface area (Å²) in [5.74, 6) is -0.0872. The molecule has 6 nitrogen and oxygen atoms in total. The SMILES string of the molecule is COCCCCNC(=O)C1CCCN1C(=O)OC(C)(C)C. The van der Waals surface area contributed by atoms with Crippen LogP contribution < -0.4 is 5.32 Å². The Morgan fingerprint density at radius 2 is 2.00 bits per heavy atom. The molecule has 6 heteroatoms. The standard InChI is InChI=1S/C15H28N2O4/c1-15(2,3)21-14(19)17-10-7-8-12(17)13(18)16-9-5-6-11-20-4/h12H,5-11H2,1-4H3,(H,16,18). The van der Waals surface area contributed by atoms with Crippen LogP contribution in [0.3, 0.4) is 0 Å². The van der Waals surface area contributed by atoms with Crippen LogP contribution in [0.4, 0.5) is 4.79 Å². The van der Waals surface area contributed by atoms with E-state index in [1.54, 1.807) is 7.11 Å². The number of ether oxygens (including phenoxy) is 2. The van der Waals surface area contributed by atoms with Gasteiger partial charge in [-0.15, -0.1) is 0 Å². The van der Waals surface area contributed by atoms with Crippen LogP contribution in [0.2, 0.25) is 0 Å². The van der Waals surface area contributed by atoms with Gasteiger partial charge in [-0.3, -0.25) is 9.69 Å². The van der Waals surface area contributed by atoms with E-state index in [2.05, 4.69) is 5.32 Å². The number of nitrogens with one attached hydrogen (secondary N) is 1. The van der Waals surface area contributed by atoms with E-state index in [0.29, 0.717) is 26.1 Å². The quantitative estimate of drug-likeness (QED) is 0.761. The first kappa shape index (κ1) is 17.8. The smallest absolute Gasteiger partial charge is 0.410 e. The number of unbranched alkanes of at least 4 members (excludes halogenated alkanes) is 1. The number of hydrogen-bond acceptors (Lipinski definition) is 4. The van der Waals surface area contributed by atoms with Crippen LogP contribution in [-0.4, -0.2) is 55.3 Å². The van der Waals surface area contributed by atoms with Crippen molar-refractivity contribution >= 4 is 12.0 Å². The molecule has 0 spiro atoms. The zero-order chi connectivity index (χ0) is 15.9. The highest BCUT2D eigenvalue weighted by molar-refractivity contribution is 5.86. The number of likely N-dealkylation sites (tertiary alicyclic amines) is 1. The number of carbonyl (C=O) groups is 2. The minimum Gasteiger partial charge on any atom is -0.444 e. The highest BCUT2D eigenvalue weighted by Gasteiger charge is 2.36. The van der Waals surface area contributed by atoms with Crippen LogP contribution >= 0.6 is 0 Å². The van der Waals surface area contributed by atoms with Crippen molar-refractivity contribution in [2.24, 2.45) is 0 Å². The lowest BCUT2D eigenvalue weighted by atomic mass is 10.2. The average Bonchev–Trinajstić information content (AvgIpc) is 2.85. The predicted molar refractivity (Wildman–Crippen MR) is 80.1 cm³/mol. The van der Waals surface area contributed by atoms with Gasteiger partial charge in [-0.2, -0.15) is 0 Å². The van der Waals surface area contributed by atoms with Gasteiger partial charge >= 0.3 is 6.09 Å². The van der Waals surface area contributed by atoms with Gasteiger partial charge in [-0.05, 0) is 46.5 Å². The van der Waals surface area contributed by atoms with E-state index in [4.69, 9.17) is 9.47 Å². The van der Waals surface area contributed by atoms with Crippen LogP contribution in [0.5, 0.6) is 0 Å². The van der Waals surface area contributed by atoms with Crippen molar-refractivity contribution in [2.75, 3.05) is 26.8 Å². The van der Waals surface area contributed by atoms with Gasteiger partial charge in [0.1, 0.15) is 11.6 Å². The molecule has 0 aromatic heterocycles. The molecule has 1 heterocycles. The highest BCUT2D eigenvalue weighted by atomic mass is 16.6. The maximum atomic E-state index is 12.2. The number of rotatable bonds is 6. The third kappa shape index (κ3) is 6.33. The molecule has 0 aromatic rings. The zero-order valence-corrected chi connectivity index (χ0v) is 13.6. The van der Waals surface area contributed by atoms with Crippen LogP contribution in [0.1, 0.15) is 46.5 Å². The molecule has 0 radical (unpaired) electrons. The third-order valence-electron chi connectivity index (χ3n) is 3.26. The molecule has 0 bridgehead atoms. The monoisotopic (exact) mass is 300 g/mol. The second-order valence-corrected chi connectivity index (χ2v) is 6.32. The summed E-state index contributed by atoms with van der Waals surface area (Å²) in [6.07, 6.45) is 2.92. The van der Waals surface area contributed by atoms with Crippen molar-refractivity contribution in [1.29, 1.82) is 0 Å². The molecule has 1 aliphatic heterocycles. The molecule has 0 saturated carbocycles. The van der Waals surface area contributed by atoms with Gasteiger partial charge in [-0.25, -0.2) is 4.79 Å². The molecule has 1 aliphatic rings. The number of hydrogen-bond donors (Lipinski definition) is 1. The van der Waals surface area contributed by atoms with Gasteiger partial charge in [0, 0.05) is 26.8 Å². The van der Waals surface area contributed by atoms with Gasteiger partial charge in [0.15, 0.2) is 0 Å². The Morgan fingerprint density at radius 3 is 2.62 bits per heavy atom. The number of nitrogens with zero attached hydrogens (tertiary/aromatic N) is 1. The first-order chi connectivity index (χ1) is 9.85. The van der Waals surface area contributed by atoms with Crippen LogP contribution in [0.25, 0.3) is 0 Å². The van der Waals surface area contributed by atoms with Crippen molar-refractivity contribution in [3.05, 3.63) is 0 Å². The molecule has 1 rings (SSSR count). The van der Waals surface area contributed by atoms with Gasteiger partial charge in [-0.1, -0.05) is 0 Å². The number of amides is 2. The number of methoxy groups -OCH3 is 1. The molecule has 1 unspecified atom stereocenters. The fourth-order valence-corrected chi connectivity index (χ4v) is 2.28. The summed E-state index contributed by atoms with van der Waals surface area (Å²) in [5.41, 5.74) is -0.541. The second kappa shape index (κ2) is 8.22. The first-order valence-electron chi connectivity index (χ1n) is 7.61. The Morgan fingerprint density at radius 1 is 1.29 bits per heavy atom. The van der Waals surface area contributed by atoms with E-state index in [1.807, 2.05) is 20.8 Å². The van der Waals surface area contributed by atoms with Gasteiger partial charge in [0.05, 0.1) is 0 Å². The molecular formula is C15H28N2O4. The van der Waals surface area contributed by atoms with Crippen molar-refractivity contribution < 1.29 is 19.1 Å². The fourth-order valence-electron chi connectivity index (χ4n) is 2.28. The minimum absolute atomic E-state index is 0.0872. The van der Waals surface area contributed by atoms with Gasteiger partial charge in [0.2, 0.25) is 5.91 Å². The van der Waals surface area contributed by atoms with E-state index in [9.17, 15) is 9.59 Å². The topological polar surface area (TPSA) is 67.9 Å². The molecule has 1 atom stereocenters. The van der Waals surface area contributed by atoms with E-state index < -0.39 is 17.7 Å². The van der Waals surface area contributed by atoms with E-state index in [0.717, 1.165) is 19.3 Å². The minimum atomic E-state index is -0.541. The summed E-state index contributed by atoms with van der Waals surface area (Å²) >= 11 is 0. The van der Waals surface area contributed by atoms with Crippen molar-refractivity contribution in [2.45, 2.75) is 58.1 Å². The Hall–Kier alpha value is -1.30. The van der Waals surface area contributed by atoms with E-state index in [-0.39, 0.29) is 5.91 Å². The second-order valence-electron chi connectivity index (χ2n) is 6.32. The largest absolute Gasteiger partial charge is 0.444 e. The molecule has 21 heavy (non-hydrogen) atoms. The van der Waals surface area contributed by atoms with Crippen LogP contribution in [0.15, 0.2) is 0 Å². The number of carbonyl (C=O) groups excluding carboxylic acids is 2. The molecule has 0 aliphatic carbocycles. The van der Waals surface area contributed by atoms with Gasteiger partial charge in [0.25, 0.3) is 0 Å². The van der Waals surface area contributed by atoms with Crippen LogP contribution in [-0.2, 0) is 14.3 Å².